The minimum absolute atomic E-state index is 0.0120. The number of methoxy groups -OCH3 is 1. The Morgan fingerprint density at radius 2 is 2.06 bits per heavy atom. The molecule has 0 bridgehead atoms. The highest BCUT2D eigenvalue weighted by molar-refractivity contribution is 6.29. The van der Waals surface area contributed by atoms with E-state index in [1.807, 2.05) is 0 Å². The molecular formula is C20H13ClF2N4O5. The molecule has 0 spiro atoms. The predicted molar refractivity (Wildman–Crippen MR) is 105 cm³/mol. The van der Waals surface area contributed by atoms with Crippen LogP contribution < -0.4 is 15.4 Å². The van der Waals surface area contributed by atoms with Crippen LogP contribution in [0.3, 0.4) is 0 Å². The van der Waals surface area contributed by atoms with Gasteiger partial charge in [0.1, 0.15) is 11.3 Å². The Kier molecular flexibility index (Phi) is 4.35. The lowest BCUT2D eigenvalue weighted by atomic mass is 9.95. The lowest BCUT2D eigenvalue weighted by Crippen LogP contribution is -2.52. The summed E-state index contributed by atoms with van der Waals surface area (Å²) in [6.45, 7) is -0.394. The number of nitrogens with zero attached hydrogens (tertiary/aromatic N) is 2. The summed E-state index contributed by atoms with van der Waals surface area (Å²) < 4.78 is 39.0. The van der Waals surface area contributed by atoms with Crippen molar-refractivity contribution in [2.24, 2.45) is 0 Å². The first-order valence-electron chi connectivity index (χ1n) is 9.28. The largest absolute Gasteiger partial charge is 0.494 e. The van der Waals surface area contributed by atoms with E-state index < -0.39 is 40.2 Å². The Morgan fingerprint density at radius 3 is 2.75 bits per heavy atom. The number of amides is 4. The average molecular weight is 463 g/mol. The van der Waals surface area contributed by atoms with Gasteiger partial charge in [-0.2, -0.15) is 0 Å². The monoisotopic (exact) mass is 462 g/mol. The van der Waals surface area contributed by atoms with Crippen molar-refractivity contribution in [2.45, 2.75) is 12.1 Å². The van der Waals surface area contributed by atoms with E-state index in [9.17, 15) is 23.2 Å². The van der Waals surface area contributed by atoms with E-state index in [4.69, 9.17) is 20.8 Å². The molecule has 0 saturated carbocycles. The van der Waals surface area contributed by atoms with E-state index in [1.54, 1.807) is 6.07 Å². The average Bonchev–Trinajstić information content (AvgIpc) is 3.38. The van der Waals surface area contributed by atoms with Gasteiger partial charge in [0, 0.05) is 18.7 Å². The number of furan rings is 1. The first kappa shape index (κ1) is 20.2. The lowest BCUT2D eigenvalue weighted by molar-refractivity contribution is -0.125. The van der Waals surface area contributed by atoms with E-state index >= 15 is 0 Å². The number of carbonyl (C=O) groups is 3. The van der Waals surface area contributed by atoms with Gasteiger partial charge >= 0.3 is 6.03 Å². The molecule has 1 atom stereocenters. The number of pyridine rings is 1. The number of ether oxygens (including phenoxy) is 1. The number of urea groups is 1. The Morgan fingerprint density at radius 1 is 1.28 bits per heavy atom. The summed E-state index contributed by atoms with van der Waals surface area (Å²) in [5.41, 5.74) is -1.50. The number of halogens is 3. The van der Waals surface area contributed by atoms with Crippen molar-refractivity contribution in [1.29, 1.82) is 0 Å². The number of rotatable bonds is 4. The van der Waals surface area contributed by atoms with E-state index in [0.717, 1.165) is 6.07 Å². The van der Waals surface area contributed by atoms with E-state index in [-0.39, 0.29) is 41.3 Å². The molecule has 12 heteroatoms. The van der Waals surface area contributed by atoms with Crippen LogP contribution in [-0.4, -0.2) is 41.4 Å². The summed E-state index contributed by atoms with van der Waals surface area (Å²) in [4.78, 5) is 42.9. The molecule has 1 saturated heterocycles. The molecule has 0 radical (unpaired) electrons. The van der Waals surface area contributed by atoms with Gasteiger partial charge in [0.05, 0.1) is 19.2 Å². The zero-order valence-electron chi connectivity index (χ0n) is 16.3. The molecular weight excluding hydrogens is 450 g/mol. The summed E-state index contributed by atoms with van der Waals surface area (Å²) >= 11 is 5.72. The number of nitrogens with one attached hydrogen (secondary N) is 2. The second-order valence-corrected chi connectivity index (χ2v) is 7.70. The lowest BCUT2D eigenvalue weighted by Gasteiger charge is -2.28. The third kappa shape index (κ3) is 2.81. The highest BCUT2D eigenvalue weighted by Crippen LogP contribution is 2.36. The van der Waals surface area contributed by atoms with Gasteiger partial charge in [-0.05, 0) is 11.6 Å². The molecule has 0 aliphatic carbocycles. The molecule has 164 valence electrons. The van der Waals surface area contributed by atoms with Crippen molar-refractivity contribution >= 4 is 40.5 Å². The van der Waals surface area contributed by atoms with Crippen LogP contribution in [0.5, 0.6) is 5.75 Å². The number of carbonyl (C=O) groups excluding carboxylic acids is 3. The molecule has 2 aliphatic rings. The SMILES string of the molecule is COc1ccc2c(c1F)C(=O)N(CC1(c3cc4nc(Cl)c(F)cc4o3)NC(=O)NC1=O)C2. The van der Waals surface area contributed by atoms with Crippen molar-refractivity contribution in [3.63, 3.8) is 0 Å². The quantitative estimate of drug-likeness (QED) is 0.455. The molecule has 2 aliphatic heterocycles. The summed E-state index contributed by atoms with van der Waals surface area (Å²) in [5.74, 6) is -3.31. The Hall–Kier alpha value is -3.73. The van der Waals surface area contributed by atoms with Gasteiger partial charge in [0.2, 0.25) is 0 Å². The van der Waals surface area contributed by atoms with Gasteiger partial charge in [-0.15, -0.1) is 0 Å². The topological polar surface area (TPSA) is 114 Å². The standard InChI is InChI=1S/C20H13ClF2N4O5/c1-31-11-3-2-8-6-27(17(28)14(8)15(11)23)7-20(18(29)25-19(30)26-20)13-5-10-12(32-13)4-9(22)16(21)24-10/h2-5H,6-7H2,1H3,(H2,25,26,29,30). The first-order chi connectivity index (χ1) is 15.2. The van der Waals surface area contributed by atoms with E-state index in [1.165, 1.54) is 24.1 Å². The van der Waals surface area contributed by atoms with Crippen molar-refractivity contribution in [2.75, 3.05) is 13.7 Å². The number of benzene rings is 1. The fourth-order valence-corrected chi connectivity index (χ4v) is 4.10. The molecule has 1 aromatic carbocycles. The summed E-state index contributed by atoms with van der Waals surface area (Å²) in [6, 6.07) is 4.45. The molecule has 1 unspecified atom stereocenters. The Bertz CT molecular complexity index is 1300. The molecule has 9 nitrogen and oxygen atoms in total. The summed E-state index contributed by atoms with van der Waals surface area (Å²) in [7, 11) is 1.28. The minimum Gasteiger partial charge on any atom is -0.494 e. The molecule has 1 fully saturated rings. The van der Waals surface area contributed by atoms with Gasteiger partial charge in [-0.3, -0.25) is 14.9 Å². The zero-order chi connectivity index (χ0) is 22.8. The fourth-order valence-electron chi connectivity index (χ4n) is 3.95. The maximum atomic E-state index is 14.7. The molecule has 32 heavy (non-hydrogen) atoms. The third-order valence-corrected chi connectivity index (χ3v) is 5.74. The van der Waals surface area contributed by atoms with Crippen molar-refractivity contribution < 1.29 is 32.3 Å². The highest BCUT2D eigenvalue weighted by Gasteiger charge is 2.53. The van der Waals surface area contributed by atoms with E-state index in [0.29, 0.717) is 5.56 Å². The van der Waals surface area contributed by atoms with Gasteiger partial charge in [0.15, 0.2) is 33.7 Å². The van der Waals surface area contributed by atoms with Crippen LogP contribution in [0.25, 0.3) is 11.1 Å². The molecule has 3 aromatic rings. The fraction of sp³-hybridized carbons (Fsp3) is 0.200. The molecule has 2 N–H and O–H groups in total. The Balaban J connectivity index is 1.57. The van der Waals surface area contributed by atoms with Crippen molar-refractivity contribution in [1.82, 2.24) is 20.5 Å². The second-order valence-electron chi connectivity index (χ2n) is 7.35. The molecule has 4 heterocycles. The smallest absolute Gasteiger partial charge is 0.322 e. The van der Waals surface area contributed by atoms with Crippen LogP contribution in [0.1, 0.15) is 21.7 Å². The number of aromatic nitrogens is 1. The van der Waals surface area contributed by atoms with Crippen LogP contribution in [0.2, 0.25) is 5.15 Å². The summed E-state index contributed by atoms with van der Waals surface area (Å²) in [5, 5.41) is 4.19. The van der Waals surface area contributed by atoms with Crippen molar-refractivity contribution in [3.05, 3.63) is 57.9 Å². The minimum atomic E-state index is -1.85. The van der Waals surface area contributed by atoms with Gasteiger partial charge in [0.25, 0.3) is 11.8 Å². The normalized spacial score (nSPS) is 20.0. The Labute approximate surface area is 183 Å². The van der Waals surface area contributed by atoms with Crippen LogP contribution in [0.15, 0.2) is 28.7 Å². The molecule has 5 rings (SSSR count). The van der Waals surface area contributed by atoms with Crippen LogP contribution in [0, 0.1) is 11.6 Å². The van der Waals surface area contributed by atoms with E-state index in [2.05, 4.69) is 15.6 Å². The maximum absolute atomic E-state index is 14.7. The van der Waals surface area contributed by atoms with Crippen LogP contribution >= 0.6 is 11.6 Å². The van der Waals surface area contributed by atoms with Crippen LogP contribution in [0.4, 0.5) is 13.6 Å². The van der Waals surface area contributed by atoms with Crippen LogP contribution in [-0.2, 0) is 16.9 Å². The molecule has 4 amide bonds. The number of hydrogen-bond acceptors (Lipinski definition) is 6. The van der Waals surface area contributed by atoms with Gasteiger partial charge in [-0.25, -0.2) is 18.6 Å². The first-order valence-corrected chi connectivity index (χ1v) is 9.65. The van der Waals surface area contributed by atoms with Gasteiger partial charge in [-0.1, -0.05) is 17.7 Å². The second kappa shape index (κ2) is 6.89. The molecule has 2 aromatic heterocycles. The van der Waals surface area contributed by atoms with Gasteiger partial charge < -0.3 is 19.4 Å². The third-order valence-electron chi connectivity index (χ3n) is 5.48. The zero-order valence-corrected chi connectivity index (χ0v) is 17.0. The predicted octanol–water partition coefficient (Wildman–Crippen LogP) is 2.46. The summed E-state index contributed by atoms with van der Waals surface area (Å²) in [6.07, 6.45) is 0. The van der Waals surface area contributed by atoms with Crippen molar-refractivity contribution in [3.8, 4) is 5.75 Å². The number of imide groups is 1. The highest BCUT2D eigenvalue weighted by atomic mass is 35.5. The number of hydrogen-bond donors (Lipinski definition) is 2. The maximum Gasteiger partial charge on any atom is 0.322 e. The number of fused-ring (bicyclic) bond motifs is 2.